The largest absolute Gasteiger partial charge is 0.306 e. The second kappa shape index (κ2) is 3.73. The zero-order valence-electron chi connectivity index (χ0n) is 11.2. The van der Waals surface area contributed by atoms with Crippen LogP contribution in [-0.2, 0) is 12.6 Å². The van der Waals surface area contributed by atoms with Gasteiger partial charge in [0.15, 0.2) is 5.65 Å². The molecule has 4 nitrogen and oxygen atoms in total. The molecule has 1 unspecified atom stereocenters. The molecule has 1 atom stereocenters. The van der Waals surface area contributed by atoms with E-state index in [1.54, 1.807) is 0 Å². The van der Waals surface area contributed by atoms with Gasteiger partial charge in [0, 0.05) is 12.6 Å². The van der Waals surface area contributed by atoms with Gasteiger partial charge in [0.05, 0.1) is 11.1 Å². The number of halogens is 1. The van der Waals surface area contributed by atoms with E-state index < -0.39 is 0 Å². The van der Waals surface area contributed by atoms with Gasteiger partial charge >= 0.3 is 0 Å². The fourth-order valence-corrected chi connectivity index (χ4v) is 2.36. The Balaban J connectivity index is 2.88. The summed E-state index contributed by atoms with van der Waals surface area (Å²) in [7, 11) is 1.95. The van der Waals surface area contributed by atoms with Crippen LogP contribution in [0.5, 0.6) is 0 Å². The van der Waals surface area contributed by atoms with Crippen molar-refractivity contribution in [1.29, 1.82) is 0 Å². The minimum absolute atomic E-state index is 0.0620. The average Bonchev–Trinajstić information content (AvgIpc) is 2.65. The molecule has 0 radical (unpaired) electrons. The van der Waals surface area contributed by atoms with Gasteiger partial charge in [-0.15, -0.1) is 11.6 Å². The Bertz CT molecular complexity index is 557. The Morgan fingerprint density at radius 3 is 2.35 bits per heavy atom. The molecule has 0 spiro atoms. The summed E-state index contributed by atoms with van der Waals surface area (Å²) < 4.78 is 4.06. The molecule has 0 aromatic carbocycles. The molecule has 17 heavy (non-hydrogen) atoms. The molecule has 0 fully saturated rings. The molecule has 0 aliphatic heterocycles. The van der Waals surface area contributed by atoms with Crippen LogP contribution in [0.15, 0.2) is 0 Å². The van der Waals surface area contributed by atoms with Gasteiger partial charge in [-0.3, -0.25) is 4.68 Å². The van der Waals surface area contributed by atoms with Crippen LogP contribution in [0.3, 0.4) is 0 Å². The third-order valence-corrected chi connectivity index (χ3v) is 3.05. The van der Waals surface area contributed by atoms with Crippen molar-refractivity contribution in [2.75, 3.05) is 0 Å². The highest BCUT2D eigenvalue weighted by molar-refractivity contribution is 6.20. The average molecular weight is 255 g/mol. The summed E-state index contributed by atoms with van der Waals surface area (Å²) in [5.74, 6) is 0.908. The Morgan fingerprint density at radius 1 is 1.29 bits per heavy atom. The number of hydrogen-bond donors (Lipinski definition) is 0. The van der Waals surface area contributed by atoms with Crippen molar-refractivity contribution in [3.8, 4) is 0 Å². The standard InChI is InChI=1S/C12H19ClN4/c1-7(13)10-14-9-8(2)15-16(6)11(9)17(10)12(3,4)5/h7H,1-6H3. The lowest BCUT2D eigenvalue weighted by Crippen LogP contribution is -2.25. The molecule has 0 saturated heterocycles. The van der Waals surface area contributed by atoms with Crippen LogP contribution in [-0.4, -0.2) is 19.3 Å². The van der Waals surface area contributed by atoms with Crippen molar-refractivity contribution >= 4 is 22.8 Å². The molecular weight excluding hydrogens is 236 g/mol. The van der Waals surface area contributed by atoms with E-state index in [-0.39, 0.29) is 10.9 Å². The summed E-state index contributed by atoms with van der Waals surface area (Å²) >= 11 is 6.23. The summed E-state index contributed by atoms with van der Waals surface area (Å²) in [5.41, 5.74) is 2.87. The Hall–Kier alpha value is -1.03. The summed E-state index contributed by atoms with van der Waals surface area (Å²) in [6, 6.07) is 0. The van der Waals surface area contributed by atoms with E-state index in [2.05, 4.69) is 35.4 Å². The first kappa shape index (κ1) is 12.4. The lowest BCUT2D eigenvalue weighted by Gasteiger charge is -2.25. The molecule has 2 aromatic heterocycles. The third-order valence-electron chi connectivity index (χ3n) is 2.85. The molecule has 5 heteroatoms. The fourth-order valence-electron chi connectivity index (χ4n) is 2.22. The number of aryl methyl sites for hydroxylation is 2. The SMILES string of the molecule is Cc1nn(C)c2c1nc(C(C)Cl)n2C(C)(C)C. The Labute approximate surface area is 107 Å². The lowest BCUT2D eigenvalue weighted by molar-refractivity contribution is 0.387. The number of nitrogens with zero attached hydrogens (tertiary/aromatic N) is 4. The smallest absolute Gasteiger partial charge is 0.159 e. The van der Waals surface area contributed by atoms with Crippen molar-refractivity contribution in [2.45, 2.75) is 45.5 Å². The monoisotopic (exact) mass is 254 g/mol. The predicted octanol–water partition coefficient (Wildman–Crippen LogP) is 3.13. The number of alkyl halides is 1. The van der Waals surface area contributed by atoms with Crippen LogP contribution in [0.2, 0.25) is 0 Å². The molecule has 0 N–H and O–H groups in total. The maximum absolute atomic E-state index is 6.23. The minimum atomic E-state index is -0.110. The quantitative estimate of drug-likeness (QED) is 0.733. The Morgan fingerprint density at radius 2 is 1.88 bits per heavy atom. The van der Waals surface area contributed by atoms with E-state index in [0.717, 1.165) is 22.7 Å². The van der Waals surface area contributed by atoms with E-state index in [1.165, 1.54) is 0 Å². The minimum Gasteiger partial charge on any atom is -0.306 e. The van der Waals surface area contributed by atoms with Crippen LogP contribution >= 0.6 is 11.6 Å². The van der Waals surface area contributed by atoms with Crippen molar-refractivity contribution in [1.82, 2.24) is 19.3 Å². The fraction of sp³-hybridized carbons (Fsp3) is 0.667. The van der Waals surface area contributed by atoms with Crippen molar-refractivity contribution in [3.63, 3.8) is 0 Å². The Kier molecular flexibility index (Phi) is 2.73. The normalized spacial score (nSPS) is 14.5. The number of hydrogen-bond acceptors (Lipinski definition) is 2. The van der Waals surface area contributed by atoms with Gasteiger partial charge in [-0.25, -0.2) is 4.98 Å². The molecule has 2 rings (SSSR count). The summed E-state index contributed by atoms with van der Waals surface area (Å²) in [6.45, 7) is 10.4. The topological polar surface area (TPSA) is 35.6 Å². The van der Waals surface area contributed by atoms with Gasteiger partial charge in [0.1, 0.15) is 11.3 Å². The molecule has 2 aromatic rings. The first-order chi connectivity index (χ1) is 7.73. The predicted molar refractivity (Wildman–Crippen MR) is 70.5 cm³/mol. The van der Waals surface area contributed by atoms with Gasteiger partial charge in [-0.1, -0.05) is 0 Å². The molecule has 2 heterocycles. The molecule has 0 bridgehead atoms. The first-order valence-electron chi connectivity index (χ1n) is 5.80. The maximum atomic E-state index is 6.23. The number of aromatic nitrogens is 4. The number of fused-ring (bicyclic) bond motifs is 1. The second-order valence-electron chi connectivity index (χ2n) is 5.47. The van der Waals surface area contributed by atoms with E-state index in [1.807, 2.05) is 25.6 Å². The third kappa shape index (κ3) is 1.84. The molecule has 94 valence electrons. The van der Waals surface area contributed by atoms with Crippen LogP contribution in [0.1, 0.15) is 44.6 Å². The van der Waals surface area contributed by atoms with Gasteiger partial charge in [0.25, 0.3) is 0 Å². The second-order valence-corrected chi connectivity index (χ2v) is 6.13. The molecule has 0 aliphatic rings. The molecular formula is C12H19ClN4. The van der Waals surface area contributed by atoms with Crippen LogP contribution in [0.25, 0.3) is 11.2 Å². The van der Waals surface area contributed by atoms with Gasteiger partial charge in [-0.05, 0) is 34.6 Å². The lowest BCUT2D eigenvalue weighted by atomic mass is 10.1. The van der Waals surface area contributed by atoms with Gasteiger partial charge in [0.2, 0.25) is 0 Å². The maximum Gasteiger partial charge on any atom is 0.159 e. The van der Waals surface area contributed by atoms with E-state index in [4.69, 9.17) is 11.6 Å². The first-order valence-corrected chi connectivity index (χ1v) is 6.23. The van der Waals surface area contributed by atoms with Crippen LogP contribution in [0.4, 0.5) is 0 Å². The number of imidazole rings is 1. The van der Waals surface area contributed by atoms with Gasteiger partial charge < -0.3 is 4.57 Å². The highest BCUT2D eigenvalue weighted by Gasteiger charge is 2.26. The van der Waals surface area contributed by atoms with Crippen molar-refractivity contribution in [3.05, 3.63) is 11.5 Å². The van der Waals surface area contributed by atoms with Gasteiger partial charge in [-0.2, -0.15) is 5.10 Å². The van der Waals surface area contributed by atoms with Crippen molar-refractivity contribution in [2.24, 2.45) is 7.05 Å². The van der Waals surface area contributed by atoms with E-state index in [9.17, 15) is 0 Å². The summed E-state index contributed by atoms with van der Waals surface area (Å²) in [6.07, 6.45) is 0. The zero-order valence-corrected chi connectivity index (χ0v) is 12.0. The molecule has 0 saturated carbocycles. The summed E-state index contributed by atoms with van der Waals surface area (Å²) in [4.78, 5) is 4.65. The van der Waals surface area contributed by atoms with E-state index >= 15 is 0 Å². The number of rotatable bonds is 1. The highest BCUT2D eigenvalue weighted by atomic mass is 35.5. The van der Waals surface area contributed by atoms with Crippen LogP contribution in [0, 0.1) is 6.92 Å². The molecule has 0 aliphatic carbocycles. The molecule has 0 amide bonds. The van der Waals surface area contributed by atoms with Crippen molar-refractivity contribution < 1.29 is 0 Å². The zero-order chi connectivity index (χ0) is 13.0. The van der Waals surface area contributed by atoms with Crippen LogP contribution < -0.4 is 0 Å². The van der Waals surface area contributed by atoms with E-state index in [0.29, 0.717) is 0 Å². The summed E-state index contributed by atoms with van der Waals surface area (Å²) in [5, 5.41) is 4.30. The highest BCUT2D eigenvalue weighted by Crippen LogP contribution is 2.31.